The predicted octanol–water partition coefficient (Wildman–Crippen LogP) is 2.08. The van der Waals surface area contributed by atoms with Crippen LogP contribution in [0.2, 0.25) is 5.02 Å². The van der Waals surface area contributed by atoms with Gasteiger partial charge in [-0.05, 0) is 31.5 Å². The molecule has 0 radical (unpaired) electrons. The van der Waals surface area contributed by atoms with Crippen LogP contribution in [0.15, 0.2) is 24.3 Å². The van der Waals surface area contributed by atoms with Crippen molar-refractivity contribution in [1.82, 2.24) is 0 Å². The van der Waals surface area contributed by atoms with Crippen LogP contribution in [0, 0.1) is 0 Å². The van der Waals surface area contributed by atoms with E-state index in [1.165, 1.54) is 0 Å². The Morgan fingerprint density at radius 3 is 2.40 bits per heavy atom. The van der Waals surface area contributed by atoms with Crippen LogP contribution in [0.25, 0.3) is 0 Å². The fourth-order valence-corrected chi connectivity index (χ4v) is 1.36. The molecule has 0 amide bonds. The Morgan fingerprint density at radius 2 is 1.93 bits per heavy atom. The summed E-state index contributed by atoms with van der Waals surface area (Å²) in [6.07, 6.45) is 0. The van der Waals surface area contributed by atoms with E-state index in [1.807, 2.05) is 26.0 Å². The molecule has 1 aromatic carbocycles. The van der Waals surface area contributed by atoms with Crippen molar-refractivity contribution in [3.05, 3.63) is 34.9 Å². The largest absolute Gasteiger partial charge is 0.454 e. The molecule has 4 heteroatoms. The number of esters is 1. The van der Waals surface area contributed by atoms with Gasteiger partial charge in [0, 0.05) is 5.02 Å². The third kappa shape index (κ3) is 3.22. The molecular formula is C11H14ClNO2. The van der Waals surface area contributed by atoms with Crippen LogP contribution in [-0.4, -0.2) is 12.5 Å². The minimum Gasteiger partial charge on any atom is -0.454 e. The van der Waals surface area contributed by atoms with Gasteiger partial charge in [-0.3, -0.25) is 4.79 Å². The van der Waals surface area contributed by atoms with Gasteiger partial charge < -0.3 is 10.5 Å². The second-order valence-electron chi connectivity index (χ2n) is 3.70. The van der Waals surface area contributed by atoms with E-state index in [0.29, 0.717) is 5.02 Å². The third-order valence-electron chi connectivity index (χ3n) is 2.08. The summed E-state index contributed by atoms with van der Waals surface area (Å²) in [6, 6.07) is 7.17. The van der Waals surface area contributed by atoms with Crippen molar-refractivity contribution in [2.45, 2.75) is 19.4 Å². The Labute approximate surface area is 94.2 Å². The zero-order valence-electron chi connectivity index (χ0n) is 8.79. The Hall–Kier alpha value is -1.06. The minimum absolute atomic E-state index is 0.114. The normalized spacial score (nSPS) is 11.2. The number of carbonyl (C=O) groups excluding carboxylic acids is 1. The summed E-state index contributed by atoms with van der Waals surface area (Å²) in [5.74, 6) is -0.421. The quantitative estimate of drug-likeness (QED) is 0.805. The summed E-state index contributed by atoms with van der Waals surface area (Å²) >= 11 is 5.77. The number of carbonyl (C=O) groups is 1. The van der Waals surface area contributed by atoms with Crippen molar-refractivity contribution >= 4 is 17.6 Å². The van der Waals surface area contributed by atoms with Gasteiger partial charge in [0.1, 0.15) is 5.60 Å². The molecule has 0 spiro atoms. The van der Waals surface area contributed by atoms with E-state index in [0.717, 1.165) is 5.56 Å². The van der Waals surface area contributed by atoms with E-state index in [-0.39, 0.29) is 6.54 Å². The summed E-state index contributed by atoms with van der Waals surface area (Å²) in [5.41, 5.74) is 5.39. The van der Waals surface area contributed by atoms with Crippen LogP contribution in [-0.2, 0) is 15.1 Å². The predicted molar refractivity (Wildman–Crippen MR) is 59.6 cm³/mol. The Balaban J connectivity index is 2.85. The van der Waals surface area contributed by atoms with Crippen LogP contribution in [0.5, 0.6) is 0 Å². The highest BCUT2D eigenvalue weighted by molar-refractivity contribution is 6.30. The lowest BCUT2D eigenvalue weighted by atomic mass is 9.98. The van der Waals surface area contributed by atoms with Crippen LogP contribution >= 0.6 is 11.6 Å². The van der Waals surface area contributed by atoms with Crippen molar-refractivity contribution in [1.29, 1.82) is 0 Å². The molecule has 0 fully saturated rings. The van der Waals surface area contributed by atoms with Gasteiger partial charge in [0.15, 0.2) is 0 Å². The molecule has 0 aromatic heterocycles. The average Bonchev–Trinajstić information content (AvgIpc) is 2.17. The van der Waals surface area contributed by atoms with E-state index < -0.39 is 11.6 Å². The molecular weight excluding hydrogens is 214 g/mol. The van der Waals surface area contributed by atoms with Gasteiger partial charge in [-0.15, -0.1) is 0 Å². The fraction of sp³-hybridized carbons (Fsp3) is 0.364. The molecule has 0 aliphatic rings. The standard InChI is InChI=1S/C11H14ClNO2/c1-11(2,15-10(14)7-13)8-3-5-9(12)6-4-8/h3-6H,7,13H2,1-2H3. The maximum atomic E-state index is 11.1. The summed E-state index contributed by atoms with van der Waals surface area (Å²) in [7, 11) is 0. The monoisotopic (exact) mass is 227 g/mol. The summed E-state index contributed by atoms with van der Waals surface area (Å²) in [4.78, 5) is 11.1. The number of rotatable bonds is 3. The SMILES string of the molecule is CC(C)(OC(=O)CN)c1ccc(Cl)cc1. The second kappa shape index (κ2) is 4.64. The van der Waals surface area contributed by atoms with E-state index in [1.54, 1.807) is 12.1 Å². The molecule has 0 aliphatic carbocycles. The zero-order valence-corrected chi connectivity index (χ0v) is 9.54. The molecule has 15 heavy (non-hydrogen) atoms. The van der Waals surface area contributed by atoms with Crippen molar-refractivity contribution in [3.8, 4) is 0 Å². The van der Waals surface area contributed by atoms with Crippen LogP contribution in [0.4, 0.5) is 0 Å². The molecule has 3 nitrogen and oxygen atoms in total. The highest BCUT2D eigenvalue weighted by atomic mass is 35.5. The summed E-state index contributed by atoms with van der Waals surface area (Å²) < 4.78 is 5.21. The van der Waals surface area contributed by atoms with Gasteiger partial charge in [0.2, 0.25) is 0 Å². The lowest BCUT2D eigenvalue weighted by Gasteiger charge is -2.25. The summed E-state index contributed by atoms with van der Waals surface area (Å²) in [5, 5.41) is 0.653. The molecule has 1 aromatic rings. The lowest BCUT2D eigenvalue weighted by molar-refractivity contribution is -0.155. The number of benzene rings is 1. The molecule has 82 valence electrons. The Morgan fingerprint density at radius 1 is 1.40 bits per heavy atom. The highest BCUT2D eigenvalue weighted by Crippen LogP contribution is 2.25. The zero-order chi connectivity index (χ0) is 11.5. The van der Waals surface area contributed by atoms with Crippen molar-refractivity contribution in [2.24, 2.45) is 5.73 Å². The first-order valence-electron chi connectivity index (χ1n) is 4.63. The van der Waals surface area contributed by atoms with E-state index >= 15 is 0 Å². The number of ether oxygens (including phenoxy) is 1. The van der Waals surface area contributed by atoms with Gasteiger partial charge in [-0.25, -0.2) is 0 Å². The minimum atomic E-state index is -0.680. The first kappa shape index (κ1) is 12.0. The average molecular weight is 228 g/mol. The van der Waals surface area contributed by atoms with Crippen LogP contribution in [0.3, 0.4) is 0 Å². The molecule has 0 saturated heterocycles. The molecule has 0 aliphatic heterocycles. The van der Waals surface area contributed by atoms with E-state index in [9.17, 15) is 4.79 Å². The fourth-order valence-electron chi connectivity index (χ4n) is 1.24. The first-order chi connectivity index (χ1) is 6.95. The van der Waals surface area contributed by atoms with Gasteiger partial charge in [-0.2, -0.15) is 0 Å². The number of hydrogen-bond donors (Lipinski definition) is 1. The van der Waals surface area contributed by atoms with Crippen LogP contribution < -0.4 is 5.73 Å². The molecule has 0 heterocycles. The molecule has 0 saturated carbocycles. The van der Waals surface area contributed by atoms with Gasteiger partial charge >= 0.3 is 5.97 Å². The molecule has 0 atom stereocenters. The molecule has 0 bridgehead atoms. The maximum Gasteiger partial charge on any atom is 0.320 e. The molecule has 1 rings (SSSR count). The summed E-state index contributed by atoms with van der Waals surface area (Å²) in [6.45, 7) is 3.50. The van der Waals surface area contributed by atoms with Gasteiger partial charge in [0.05, 0.1) is 6.54 Å². The van der Waals surface area contributed by atoms with Crippen molar-refractivity contribution in [2.75, 3.05) is 6.54 Å². The Bertz CT molecular complexity index is 346. The maximum absolute atomic E-state index is 11.1. The van der Waals surface area contributed by atoms with Crippen molar-refractivity contribution in [3.63, 3.8) is 0 Å². The topological polar surface area (TPSA) is 52.3 Å². The van der Waals surface area contributed by atoms with Crippen molar-refractivity contribution < 1.29 is 9.53 Å². The van der Waals surface area contributed by atoms with Gasteiger partial charge in [-0.1, -0.05) is 23.7 Å². The number of hydrogen-bond acceptors (Lipinski definition) is 3. The Kier molecular flexibility index (Phi) is 3.72. The first-order valence-corrected chi connectivity index (χ1v) is 5.01. The second-order valence-corrected chi connectivity index (χ2v) is 4.13. The highest BCUT2D eigenvalue weighted by Gasteiger charge is 2.24. The number of halogens is 1. The van der Waals surface area contributed by atoms with E-state index in [2.05, 4.69) is 0 Å². The van der Waals surface area contributed by atoms with Crippen LogP contribution in [0.1, 0.15) is 19.4 Å². The third-order valence-corrected chi connectivity index (χ3v) is 2.33. The molecule has 2 N–H and O–H groups in total. The lowest BCUT2D eigenvalue weighted by Crippen LogP contribution is -2.29. The molecule has 0 unspecified atom stereocenters. The van der Waals surface area contributed by atoms with E-state index in [4.69, 9.17) is 22.1 Å². The smallest absolute Gasteiger partial charge is 0.320 e. The van der Waals surface area contributed by atoms with Gasteiger partial charge in [0.25, 0.3) is 0 Å². The number of nitrogens with two attached hydrogens (primary N) is 1.